The SMILES string of the molecule is CCOc1cc([C@@H]2C(=C(O)c3ccc(F)cc3)C(=O)C(=O)N2CCc2c[nH]c3ccc(OC)cc23)ccc1O. The third-order valence-corrected chi connectivity index (χ3v) is 6.85. The van der Waals surface area contributed by atoms with Gasteiger partial charge in [0, 0.05) is 29.2 Å². The first-order valence-corrected chi connectivity index (χ1v) is 12.5. The fourth-order valence-corrected chi connectivity index (χ4v) is 4.92. The van der Waals surface area contributed by atoms with E-state index in [0.717, 1.165) is 16.5 Å². The van der Waals surface area contributed by atoms with Crippen molar-refractivity contribution in [1.82, 2.24) is 9.88 Å². The van der Waals surface area contributed by atoms with Crippen LogP contribution in [-0.2, 0) is 16.0 Å². The molecule has 1 amide bonds. The number of halogens is 1. The van der Waals surface area contributed by atoms with E-state index in [9.17, 15) is 24.2 Å². The first kappa shape index (κ1) is 25.8. The number of benzene rings is 3. The number of ether oxygens (including phenoxy) is 2. The second-order valence-electron chi connectivity index (χ2n) is 9.13. The number of nitrogens with one attached hydrogen (secondary N) is 1. The monoisotopic (exact) mass is 530 g/mol. The average Bonchev–Trinajstić information content (AvgIpc) is 3.46. The minimum absolute atomic E-state index is 0.0937. The number of Topliss-reactive ketones (excluding diaryl/α,β-unsaturated/α-hetero) is 1. The Kier molecular flexibility index (Phi) is 6.98. The number of carbonyl (C=O) groups is 2. The smallest absolute Gasteiger partial charge is 0.295 e. The number of phenols is 1. The van der Waals surface area contributed by atoms with Crippen LogP contribution in [-0.4, -0.2) is 52.0 Å². The van der Waals surface area contributed by atoms with Crippen LogP contribution in [0.25, 0.3) is 16.7 Å². The number of ketones is 1. The van der Waals surface area contributed by atoms with Gasteiger partial charge in [-0.15, -0.1) is 0 Å². The maximum absolute atomic E-state index is 13.5. The molecule has 0 radical (unpaired) electrons. The Labute approximate surface area is 223 Å². The Bertz CT molecular complexity index is 1590. The van der Waals surface area contributed by atoms with Crippen molar-refractivity contribution in [2.24, 2.45) is 0 Å². The number of likely N-dealkylation sites (tertiary alicyclic amines) is 1. The predicted molar refractivity (Wildman–Crippen MR) is 143 cm³/mol. The molecule has 0 saturated carbocycles. The summed E-state index contributed by atoms with van der Waals surface area (Å²) in [6, 6.07) is 14.3. The largest absolute Gasteiger partial charge is 0.507 e. The molecule has 200 valence electrons. The van der Waals surface area contributed by atoms with Gasteiger partial charge in [0.2, 0.25) is 0 Å². The molecule has 5 rings (SSSR count). The van der Waals surface area contributed by atoms with Crippen molar-refractivity contribution in [2.45, 2.75) is 19.4 Å². The number of aliphatic hydroxyl groups excluding tert-OH is 1. The molecule has 0 unspecified atom stereocenters. The van der Waals surface area contributed by atoms with E-state index in [1.165, 1.54) is 35.2 Å². The highest BCUT2D eigenvalue weighted by atomic mass is 19.1. The number of H-pyrrole nitrogens is 1. The summed E-state index contributed by atoms with van der Waals surface area (Å²) in [5, 5.41) is 22.4. The van der Waals surface area contributed by atoms with Crippen LogP contribution >= 0.6 is 0 Å². The number of aliphatic hydroxyl groups is 1. The lowest BCUT2D eigenvalue weighted by Gasteiger charge is -2.26. The van der Waals surface area contributed by atoms with Crippen LogP contribution in [0.5, 0.6) is 17.2 Å². The number of hydrogen-bond donors (Lipinski definition) is 3. The summed E-state index contributed by atoms with van der Waals surface area (Å²) in [7, 11) is 1.59. The lowest BCUT2D eigenvalue weighted by Crippen LogP contribution is -2.31. The molecule has 39 heavy (non-hydrogen) atoms. The van der Waals surface area contributed by atoms with Crippen LogP contribution < -0.4 is 9.47 Å². The van der Waals surface area contributed by atoms with E-state index in [2.05, 4.69) is 4.98 Å². The fraction of sp³-hybridized carbons (Fsp3) is 0.200. The van der Waals surface area contributed by atoms with E-state index in [1.54, 1.807) is 26.2 Å². The number of fused-ring (bicyclic) bond motifs is 1. The molecule has 1 saturated heterocycles. The highest BCUT2D eigenvalue weighted by molar-refractivity contribution is 6.46. The predicted octanol–water partition coefficient (Wildman–Crippen LogP) is 5.08. The number of carbonyl (C=O) groups excluding carboxylic acids is 2. The topological polar surface area (TPSA) is 112 Å². The maximum atomic E-state index is 13.5. The number of aromatic hydroxyl groups is 1. The summed E-state index contributed by atoms with van der Waals surface area (Å²) < 4.78 is 24.4. The summed E-state index contributed by atoms with van der Waals surface area (Å²) in [5.41, 5.74) is 2.37. The summed E-state index contributed by atoms with van der Waals surface area (Å²) in [6.45, 7) is 2.21. The van der Waals surface area contributed by atoms with Crippen LogP contribution in [0.4, 0.5) is 4.39 Å². The Morgan fingerprint density at radius 2 is 1.85 bits per heavy atom. The van der Waals surface area contributed by atoms with Crippen molar-refractivity contribution in [2.75, 3.05) is 20.3 Å². The van der Waals surface area contributed by atoms with E-state index in [1.807, 2.05) is 24.4 Å². The zero-order valence-corrected chi connectivity index (χ0v) is 21.4. The van der Waals surface area contributed by atoms with E-state index in [-0.39, 0.29) is 35.8 Å². The average molecular weight is 531 g/mol. The molecule has 1 atom stereocenters. The van der Waals surface area contributed by atoms with Gasteiger partial charge in [-0.1, -0.05) is 6.07 Å². The lowest BCUT2D eigenvalue weighted by molar-refractivity contribution is -0.139. The van der Waals surface area contributed by atoms with Crippen LogP contribution in [0.2, 0.25) is 0 Å². The molecule has 2 heterocycles. The second-order valence-corrected chi connectivity index (χ2v) is 9.13. The number of hydrogen-bond acceptors (Lipinski definition) is 6. The number of aromatic amines is 1. The Morgan fingerprint density at radius 1 is 1.08 bits per heavy atom. The summed E-state index contributed by atoms with van der Waals surface area (Å²) in [4.78, 5) is 31.3. The quantitative estimate of drug-likeness (QED) is 0.166. The van der Waals surface area contributed by atoms with Crippen molar-refractivity contribution in [1.29, 1.82) is 0 Å². The van der Waals surface area contributed by atoms with Gasteiger partial charge in [0.05, 0.1) is 25.3 Å². The van der Waals surface area contributed by atoms with Gasteiger partial charge in [-0.05, 0) is 79.1 Å². The van der Waals surface area contributed by atoms with Gasteiger partial charge in [0.25, 0.3) is 11.7 Å². The van der Waals surface area contributed by atoms with Crippen molar-refractivity contribution in [3.05, 3.63) is 94.9 Å². The zero-order valence-electron chi connectivity index (χ0n) is 21.4. The molecular weight excluding hydrogens is 503 g/mol. The molecule has 1 aromatic heterocycles. The molecular formula is C30H27FN2O6. The summed E-state index contributed by atoms with van der Waals surface area (Å²) >= 11 is 0. The molecule has 1 aliphatic rings. The molecule has 1 aliphatic heterocycles. The minimum Gasteiger partial charge on any atom is -0.507 e. The second kappa shape index (κ2) is 10.5. The Hall–Kier alpha value is -4.79. The summed E-state index contributed by atoms with van der Waals surface area (Å²) in [5.74, 6) is -1.76. The molecule has 3 aromatic carbocycles. The van der Waals surface area contributed by atoms with Gasteiger partial charge in [0.15, 0.2) is 11.5 Å². The van der Waals surface area contributed by atoms with Crippen LogP contribution in [0.3, 0.4) is 0 Å². The number of phenolic OH excluding ortho intramolecular Hbond substituents is 1. The van der Waals surface area contributed by atoms with Crippen molar-refractivity contribution >= 4 is 28.4 Å². The van der Waals surface area contributed by atoms with Crippen molar-refractivity contribution in [3.8, 4) is 17.2 Å². The first-order chi connectivity index (χ1) is 18.8. The highest BCUT2D eigenvalue weighted by Gasteiger charge is 2.46. The van der Waals surface area contributed by atoms with Gasteiger partial charge < -0.3 is 29.6 Å². The van der Waals surface area contributed by atoms with Crippen LogP contribution in [0.15, 0.2) is 72.4 Å². The molecule has 0 bridgehead atoms. The minimum atomic E-state index is -0.963. The van der Waals surface area contributed by atoms with Gasteiger partial charge in [0.1, 0.15) is 17.3 Å². The third kappa shape index (κ3) is 4.79. The lowest BCUT2D eigenvalue weighted by atomic mass is 9.94. The standard InChI is InChI=1S/C30H27FN2O6/c1-3-39-25-14-18(6-11-24(25)34)27-26(28(35)17-4-7-20(31)8-5-17)29(36)30(37)33(27)13-12-19-16-32-23-10-9-21(38-2)15-22(19)23/h4-11,14-16,27,32,34-35H,3,12-13H2,1-2H3/t27-/m1/s1. The molecule has 9 heteroatoms. The maximum Gasteiger partial charge on any atom is 0.295 e. The number of nitrogens with zero attached hydrogens (tertiary/aromatic N) is 1. The van der Waals surface area contributed by atoms with Crippen LogP contribution in [0, 0.1) is 5.82 Å². The molecule has 8 nitrogen and oxygen atoms in total. The third-order valence-electron chi connectivity index (χ3n) is 6.85. The molecule has 0 spiro atoms. The zero-order chi connectivity index (χ0) is 27.7. The van der Waals surface area contributed by atoms with E-state index in [4.69, 9.17) is 9.47 Å². The van der Waals surface area contributed by atoms with E-state index >= 15 is 0 Å². The van der Waals surface area contributed by atoms with Crippen LogP contribution in [0.1, 0.15) is 29.7 Å². The Balaban J connectivity index is 1.58. The van der Waals surface area contributed by atoms with Gasteiger partial charge in [-0.2, -0.15) is 0 Å². The number of rotatable bonds is 8. The highest BCUT2D eigenvalue weighted by Crippen LogP contribution is 2.42. The molecule has 3 N–H and O–H groups in total. The van der Waals surface area contributed by atoms with Gasteiger partial charge in [-0.3, -0.25) is 9.59 Å². The molecule has 4 aromatic rings. The van der Waals surface area contributed by atoms with E-state index < -0.39 is 29.3 Å². The molecule has 1 fully saturated rings. The van der Waals surface area contributed by atoms with Gasteiger partial charge in [-0.25, -0.2) is 4.39 Å². The Morgan fingerprint density at radius 3 is 2.56 bits per heavy atom. The normalized spacial score (nSPS) is 16.7. The van der Waals surface area contributed by atoms with Gasteiger partial charge >= 0.3 is 0 Å². The number of amides is 1. The molecule has 0 aliphatic carbocycles. The number of aromatic nitrogens is 1. The fourth-order valence-electron chi connectivity index (χ4n) is 4.92. The van der Waals surface area contributed by atoms with E-state index in [0.29, 0.717) is 17.7 Å². The summed E-state index contributed by atoms with van der Waals surface area (Å²) in [6.07, 6.45) is 2.26. The van der Waals surface area contributed by atoms with Crippen molar-refractivity contribution < 1.29 is 33.7 Å². The first-order valence-electron chi connectivity index (χ1n) is 12.5. The van der Waals surface area contributed by atoms with Crippen molar-refractivity contribution in [3.63, 3.8) is 0 Å². The number of methoxy groups -OCH3 is 1.